The number of hydrogen-bond donors (Lipinski definition) is 0. The average molecular weight is 204 g/mol. The molecule has 0 N–H and O–H groups in total. The highest BCUT2D eigenvalue weighted by molar-refractivity contribution is 5.27. The summed E-state index contributed by atoms with van der Waals surface area (Å²) in [6.07, 6.45) is 8.19. The van der Waals surface area contributed by atoms with Gasteiger partial charge in [-0.2, -0.15) is 5.10 Å². The Balaban J connectivity index is 1.74. The minimum atomic E-state index is 0.437. The molecule has 1 atom stereocenters. The van der Waals surface area contributed by atoms with Gasteiger partial charge in [-0.3, -0.25) is 4.68 Å². The number of hydrogen-bond acceptors (Lipinski definition) is 4. The van der Waals surface area contributed by atoms with Crippen molar-refractivity contribution in [3.63, 3.8) is 0 Å². The SMILES string of the molecule is c1cnn(C2CCN(c3ncco3)C2)c1. The van der Waals surface area contributed by atoms with Crippen LogP contribution in [0.15, 0.2) is 35.3 Å². The van der Waals surface area contributed by atoms with E-state index in [1.165, 1.54) is 0 Å². The van der Waals surface area contributed by atoms with Crippen molar-refractivity contribution in [1.29, 1.82) is 0 Å². The van der Waals surface area contributed by atoms with Crippen LogP contribution in [0, 0.1) is 0 Å². The Labute approximate surface area is 87.3 Å². The predicted molar refractivity (Wildman–Crippen MR) is 54.6 cm³/mol. The Bertz CT molecular complexity index is 368. The first-order chi connectivity index (χ1) is 7.43. The quantitative estimate of drug-likeness (QED) is 0.740. The van der Waals surface area contributed by atoms with Gasteiger partial charge in [-0.15, -0.1) is 0 Å². The lowest BCUT2D eigenvalue weighted by molar-refractivity contribution is 0.488. The summed E-state index contributed by atoms with van der Waals surface area (Å²) in [6.45, 7) is 1.90. The van der Waals surface area contributed by atoms with Crippen molar-refractivity contribution in [3.05, 3.63) is 30.9 Å². The van der Waals surface area contributed by atoms with Crippen LogP contribution >= 0.6 is 0 Å². The molecule has 0 radical (unpaired) electrons. The zero-order chi connectivity index (χ0) is 10.1. The van der Waals surface area contributed by atoms with E-state index in [0.29, 0.717) is 12.1 Å². The van der Waals surface area contributed by atoms with Gasteiger partial charge < -0.3 is 9.32 Å². The van der Waals surface area contributed by atoms with Crippen LogP contribution in [0.3, 0.4) is 0 Å². The molecule has 3 heterocycles. The Morgan fingerprint density at radius 2 is 2.40 bits per heavy atom. The minimum Gasteiger partial charge on any atom is -0.432 e. The minimum absolute atomic E-state index is 0.437. The smallest absolute Gasteiger partial charge is 0.297 e. The van der Waals surface area contributed by atoms with E-state index in [1.807, 2.05) is 23.1 Å². The van der Waals surface area contributed by atoms with Crippen molar-refractivity contribution in [1.82, 2.24) is 14.8 Å². The second-order valence-electron chi connectivity index (χ2n) is 3.69. The van der Waals surface area contributed by atoms with Gasteiger partial charge in [-0.05, 0) is 12.5 Å². The first-order valence-corrected chi connectivity index (χ1v) is 5.07. The van der Waals surface area contributed by atoms with E-state index in [9.17, 15) is 0 Å². The zero-order valence-electron chi connectivity index (χ0n) is 8.28. The summed E-state index contributed by atoms with van der Waals surface area (Å²) in [4.78, 5) is 6.29. The molecule has 0 saturated carbocycles. The maximum Gasteiger partial charge on any atom is 0.297 e. The molecule has 1 saturated heterocycles. The summed E-state index contributed by atoms with van der Waals surface area (Å²) in [5, 5.41) is 4.25. The fraction of sp³-hybridized carbons (Fsp3) is 0.400. The summed E-state index contributed by atoms with van der Waals surface area (Å²) < 4.78 is 7.27. The number of oxazole rings is 1. The van der Waals surface area contributed by atoms with Crippen molar-refractivity contribution in [2.45, 2.75) is 12.5 Å². The van der Waals surface area contributed by atoms with Gasteiger partial charge >= 0.3 is 0 Å². The molecule has 1 aliphatic heterocycles. The average Bonchev–Trinajstić information content (AvgIpc) is 3.02. The number of anilines is 1. The Kier molecular flexibility index (Phi) is 1.94. The molecule has 0 aliphatic carbocycles. The largest absolute Gasteiger partial charge is 0.432 e. The molecule has 5 nitrogen and oxygen atoms in total. The molecule has 0 aromatic carbocycles. The maximum atomic E-state index is 5.27. The van der Waals surface area contributed by atoms with Crippen molar-refractivity contribution in [3.8, 4) is 0 Å². The second kappa shape index (κ2) is 3.42. The molecule has 2 aromatic rings. The van der Waals surface area contributed by atoms with Crippen LogP contribution in [0.5, 0.6) is 0 Å². The molecule has 5 heteroatoms. The second-order valence-corrected chi connectivity index (χ2v) is 3.69. The lowest BCUT2D eigenvalue weighted by Gasteiger charge is -2.13. The summed E-state index contributed by atoms with van der Waals surface area (Å²) >= 11 is 0. The lowest BCUT2D eigenvalue weighted by atomic mass is 10.3. The molecule has 0 amide bonds. The van der Waals surface area contributed by atoms with Crippen molar-refractivity contribution in [2.24, 2.45) is 0 Å². The van der Waals surface area contributed by atoms with Gasteiger partial charge in [0, 0.05) is 25.5 Å². The number of aromatic nitrogens is 3. The van der Waals surface area contributed by atoms with Crippen molar-refractivity contribution < 1.29 is 4.42 Å². The molecule has 15 heavy (non-hydrogen) atoms. The summed E-state index contributed by atoms with van der Waals surface area (Å²) in [5.74, 6) is 0. The van der Waals surface area contributed by atoms with Crippen LogP contribution in [0.25, 0.3) is 0 Å². The normalized spacial score (nSPS) is 21.1. The van der Waals surface area contributed by atoms with Gasteiger partial charge in [0.2, 0.25) is 0 Å². The fourth-order valence-corrected chi connectivity index (χ4v) is 2.00. The first kappa shape index (κ1) is 8.52. The van der Waals surface area contributed by atoms with Gasteiger partial charge in [0.15, 0.2) is 0 Å². The highest BCUT2D eigenvalue weighted by Crippen LogP contribution is 2.24. The van der Waals surface area contributed by atoms with Crippen molar-refractivity contribution >= 4 is 6.01 Å². The van der Waals surface area contributed by atoms with Crippen LogP contribution in [0.1, 0.15) is 12.5 Å². The van der Waals surface area contributed by atoms with Gasteiger partial charge in [0.05, 0.1) is 12.2 Å². The third-order valence-corrected chi connectivity index (χ3v) is 2.75. The van der Waals surface area contributed by atoms with Gasteiger partial charge in [0.1, 0.15) is 6.26 Å². The van der Waals surface area contributed by atoms with Crippen LogP contribution < -0.4 is 4.90 Å². The summed E-state index contributed by atoms with van der Waals surface area (Å²) in [7, 11) is 0. The Morgan fingerprint density at radius 1 is 1.40 bits per heavy atom. The molecule has 3 rings (SSSR count). The highest BCUT2D eigenvalue weighted by Gasteiger charge is 2.26. The molecular formula is C10H12N4O. The number of rotatable bonds is 2. The molecule has 0 spiro atoms. The van der Waals surface area contributed by atoms with E-state index in [2.05, 4.69) is 15.0 Å². The van der Waals surface area contributed by atoms with Crippen LogP contribution in [-0.2, 0) is 0 Å². The highest BCUT2D eigenvalue weighted by atomic mass is 16.4. The lowest BCUT2D eigenvalue weighted by Crippen LogP contribution is -2.21. The maximum absolute atomic E-state index is 5.27. The standard InChI is InChI=1S/C10H12N4O/c1-3-12-14(5-1)9-2-6-13(8-9)10-11-4-7-15-10/h1,3-5,7,9H,2,6,8H2. The van der Waals surface area contributed by atoms with E-state index < -0.39 is 0 Å². The molecule has 78 valence electrons. The van der Waals surface area contributed by atoms with Crippen LogP contribution in [-0.4, -0.2) is 27.9 Å². The Hall–Kier alpha value is -1.78. The van der Waals surface area contributed by atoms with Gasteiger partial charge in [-0.1, -0.05) is 0 Å². The third kappa shape index (κ3) is 1.49. The van der Waals surface area contributed by atoms with Crippen LogP contribution in [0.2, 0.25) is 0 Å². The molecule has 0 bridgehead atoms. The van der Waals surface area contributed by atoms with Gasteiger partial charge in [0.25, 0.3) is 6.01 Å². The first-order valence-electron chi connectivity index (χ1n) is 5.07. The van der Waals surface area contributed by atoms with E-state index in [-0.39, 0.29) is 0 Å². The van der Waals surface area contributed by atoms with E-state index >= 15 is 0 Å². The number of nitrogens with zero attached hydrogens (tertiary/aromatic N) is 4. The Morgan fingerprint density at radius 3 is 3.13 bits per heavy atom. The van der Waals surface area contributed by atoms with E-state index in [1.54, 1.807) is 12.5 Å². The fourth-order valence-electron chi connectivity index (χ4n) is 2.00. The van der Waals surface area contributed by atoms with E-state index in [4.69, 9.17) is 4.42 Å². The van der Waals surface area contributed by atoms with Crippen molar-refractivity contribution in [2.75, 3.05) is 18.0 Å². The van der Waals surface area contributed by atoms with Crippen LogP contribution in [0.4, 0.5) is 6.01 Å². The summed E-state index contributed by atoms with van der Waals surface area (Å²) in [6, 6.07) is 3.10. The monoisotopic (exact) mass is 204 g/mol. The molecule has 1 unspecified atom stereocenters. The topological polar surface area (TPSA) is 47.1 Å². The summed E-state index contributed by atoms with van der Waals surface area (Å²) in [5.41, 5.74) is 0. The molecule has 1 aliphatic rings. The van der Waals surface area contributed by atoms with E-state index in [0.717, 1.165) is 19.5 Å². The third-order valence-electron chi connectivity index (χ3n) is 2.75. The molecule has 2 aromatic heterocycles. The van der Waals surface area contributed by atoms with Gasteiger partial charge in [-0.25, -0.2) is 4.98 Å². The molecule has 1 fully saturated rings. The molecular weight excluding hydrogens is 192 g/mol. The zero-order valence-corrected chi connectivity index (χ0v) is 8.28. The predicted octanol–water partition coefficient (Wildman–Crippen LogP) is 1.32.